The molecular formula is C13H12Br2FNS. The number of benzene rings is 1. The Morgan fingerprint density at radius 2 is 1.94 bits per heavy atom. The van der Waals surface area contributed by atoms with Gasteiger partial charge in [-0.1, -0.05) is 19.1 Å². The summed E-state index contributed by atoms with van der Waals surface area (Å²) in [5.74, 6) is -0.209. The van der Waals surface area contributed by atoms with E-state index >= 15 is 0 Å². The van der Waals surface area contributed by atoms with Crippen LogP contribution in [0.5, 0.6) is 0 Å². The summed E-state index contributed by atoms with van der Waals surface area (Å²) in [5, 5.41) is 3.42. The van der Waals surface area contributed by atoms with Gasteiger partial charge in [-0.05, 0) is 67.7 Å². The van der Waals surface area contributed by atoms with Crippen molar-refractivity contribution >= 4 is 43.2 Å². The van der Waals surface area contributed by atoms with Gasteiger partial charge in [-0.25, -0.2) is 4.39 Å². The molecule has 1 aromatic heterocycles. The summed E-state index contributed by atoms with van der Waals surface area (Å²) in [6, 6.07) is 8.80. The highest BCUT2D eigenvalue weighted by Crippen LogP contribution is 2.37. The predicted octanol–water partition coefficient (Wildman–Crippen LogP) is 5.11. The summed E-state index contributed by atoms with van der Waals surface area (Å²) >= 11 is 8.70. The molecule has 0 fully saturated rings. The maximum Gasteiger partial charge on any atom is 0.123 e. The highest BCUT2D eigenvalue weighted by Gasteiger charge is 2.18. The average Bonchev–Trinajstić information content (AvgIpc) is 2.67. The number of nitrogens with one attached hydrogen (secondary N) is 1. The lowest BCUT2D eigenvalue weighted by Gasteiger charge is -2.18. The van der Waals surface area contributed by atoms with Gasteiger partial charge in [0.05, 0.1) is 13.6 Å². The molecular weight excluding hydrogens is 381 g/mol. The Labute approximate surface area is 127 Å². The Kier molecular flexibility index (Phi) is 4.95. The van der Waals surface area contributed by atoms with Crippen LogP contribution in [0.4, 0.5) is 4.39 Å². The molecule has 0 saturated heterocycles. The zero-order chi connectivity index (χ0) is 13.1. The summed E-state index contributed by atoms with van der Waals surface area (Å²) in [7, 11) is 0. The van der Waals surface area contributed by atoms with Crippen molar-refractivity contribution in [3.05, 3.63) is 54.8 Å². The molecule has 1 N–H and O–H groups in total. The number of thiophene rings is 1. The van der Waals surface area contributed by atoms with Gasteiger partial charge in [0, 0.05) is 0 Å². The molecule has 1 unspecified atom stereocenters. The van der Waals surface area contributed by atoms with Gasteiger partial charge in [-0.15, -0.1) is 11.3 Å². The minimum Gasteiger partial charge on any atom is -0.306 e. The zero-order valence-corrected chi connectivity index (χ0v) is 13.7. The third-order valence-electron chi connectivity index (χ3n) is 2.61. The van der Waals surface area contributed by atoms with E-state index in [-0.39, 0.29) is 11.9 Å². The first-order chi connectivity index (χ1) is 8.61. The van der Waals surface area contributed by atoms with E-state index in [1.54, 1.807) is 11.3 Å². The molecule has 1 atom stereocenters. The average molecular weight is 393 g/mol. The van der Waals surface area contributed by atoms with Gasteiger partial charge in [-0.2, -0.15) is 0 Å². The van der Waals surface area contributed by atoms with Crippen LogP contribution in [0, 0.1) is 5.82 Å². The molecule has 1 heterocycles. The van der Waals surface area contributed by atoms with Crippen molar-refractivity contribution in [1.82, 2.24) is 5.32 Å². The predicted molar refractivity (Wildman–Crippen MR) is 81.6 cm³/mol. The minimum absolute atomic E-state index is 0.0764. The van der Waals surface area contributed by atoms with Crippen LogP contribution in [0.15, 0.2) is 37.9 Å². The lowest BCUT2D eigenvalue weighted by molar-refractivity contribution is 0.613. The third kappa shape index (κ3) is 3.20. The molecule has 96 valence electrons. The molecule has 0 spiro atoms. The molecule has 0 aliphatic carbocycles. The van der Waals surface area contributed by atoms with Crippen molar-refractivity contribution in [2.45, 2.75) is 13.0 Å². The van der Waals surface area contributed by atoms with E-state index in [1.807, 2.05) is 12.1 Å². The molecule has 0 bridgehead atoms. The first kappa shape index (κ1) is 14.2. The smallest absolute Gasteiger partial charge is 0.123 e. The van der Waals surface area contributed by atoms with Crippen LogP contribution >= 0.6 is 43.2 Å². The van der Waals surface area contributed by atoms with Crippen molar-refractivity contribution < 1.29 is 4.39 Å². The number of hydrogen-bond acceptors (Lipinski definition) is 2. The Hall–Kier alpha value is -0.230. The Bertz CT molecular complexity index is 524. The summed E-state index contributed by atoms with van der Waals surface area (Å²) in [5.41, 5.74) is 2.23. The Morgan fingerprint density at radius 1 is 1.28 bits per heavy atom. The summed E-state index contributed by atoms with van der Waals surface area (Å²) in [4.78, 5) is 0. The van der Waals surface area contributed by atoms with Gasteiger partial charge in [0.15, 0.2) is 0 Å². The molecule has 0 aliphatic rings. The first-order valence-corrected chi connectivity index (χ1v) is 7.95. The molecule has 5 heteroatoms. The largest absolute Gasteiger partial charge is 0.306 e. The van der Waals surface area contributed by atoms with E-state index in [9.17, 15) is 4.39 Å². The summed E-state index contributed by atoms with van der Waals surface area (Å²) < 4.78 is 15.2. The molecule has 2 aromatic rings. The summed E-state index contributed by atoms with van der Waals surface area (Å²) in [6.07, 6.45) is 0. The Balaban J connectivity index is 2.39. The fourth-order valence-electron chi connectivity index (χ4n) is 1.82. The van der Waals surface area contributed by atoms with Crippen molar-refractivity contribution in [2.24, 2.45) is 0 Å². The molecule has 1 nitrogen and oxygen atoms in total. The monoisotopic (exact) mass is 391 g/mol. The van der Waals surface area contributed by atoms with E-state index in [1.165, 1.54) is 17.7 Å². The first-order valence-electron chi connectivity index (χ1n) is 5.55. The second-order valence-corrected chi connectivity index (χ2v) is 7.57. The van der Waals surface area contributed by atoms with Crippen LogP contribution in [-0.4, -0.2) is 6.54 Å². The van der Waals surface area contributed by atoms with E-state index in [4.69, 9.17) is 0 Å². The van der Waals surface area contributed by atoms with E-state index in [0.717, 1.165) is 19.7 Å². The number of hydrogen-bond donors (Lipinski definition) is 1. The minimum atomic E-state index is -0.209. The third-order valence-corrected chi connectivity index (χ3v) is 4.99. The van der Waals surface area contributed by atoms with Crippen molar-refractivity contribution in [3.8, 4) is 0 Å². The van der Waals surface area contributed by atoms with E-state index in [2.05, 4.69) is 50.2 Å². The SMILES string of the molecule is CCNC(c1ccc(F)cc1)c1cc(Br)sc1Br. The van der Waals surface area contributed by atoms with Crippen molar-refractivity contribution in [2.75, 3.05) is 6.54 Å². The standard InChI is InChI=1S/C13H12Br2FNS/c1-2-17-12(8-3-5-9(16)6-4-8)10-7-11(14)18-13(10)15/h3-7,12,17H,2H2,1H3. The van der Waals surface area contributed by atoms with Gasteiger partial charge in [-0.3, -0.25) is 0 Å². The number of halogens is 3. The van der Waals surface area contributed by atoms with Gasteiger partial charge < -0.3 is 5.32 Å². The highest BCUT2D eigenvalue weighted by atomic mass is 79.9. The molecule has 0 saturated carbocycles. The van der Waals surface area contributed by atoms with Crippen molar-refractivity contribution in [1.29, 1.82) is 0 Å². The molecule has 1 aromatic carbocycles. The fraction of sp³-hybridized carbons (Fsp3) is 0.231. The molecule has 2 rings (SSSR count). The molecule has 0 amide bonds. The zero-order valence-electron chi connectivity index (χ0n) is 9.71. The van der Waals surface area contributed by atoms with Gasteiger partial charge >= 0.3 is 0 Å². The van der Waals surface area contributed by atoms with Gasteiger partial charge in [0.1, 0.15) is 5.82 Å². The lowest BCUT2D eigenvalue weighted by atomic mass is 10.0. The number of rotatable bonds is 4. The lowest BCUT2D eigenvalue weighted by Crippen LogP contribution is -2.21. The van der Waals surface area contributed by atoms with Crippen LogP contribution in [0.1, 0.15) is 24.1 Å². The van der Waals surface area contributed by atoms with Gasteiger partial charge in [0.25, 0.3) is 0 Å². The molecule has 0 radical (unpaired) electrons. The van der Waals surface area contributed by atoms with Crippen LogP contribution < -0.4 is 5.32 Å². The Morgan fingerprint density at radius 3 is 2.44 bits per heavy atom. The topological polar surface area (TPSA) is 12.0 Å². The molecule has 18 heavy (non-hydrogen) atoms. The van der Waals surface area contributed by atoms with Crippen LogP contribution in [0.25, 0.3) is 0 Å². The molecule has 0 aliphatic heterocycles. The normalized spacial score (nSPS) is 12.7. The van der Waals surface area contributed by atoms with Crippen molar-refractivity contribution in [3.63, 3.8) is 0 Å². The van der Waals surface area contributed by atoms with Crippen LogP contribution in [-0.2, 0) is 0 Å². The fourth-order valence-corrected chi connectivity index (χ4v) is 4.72. The summed E-state index contributed by atoms with van der Waals surface area (Å²) in [6.45, 7) is 2.91. The van der Waals surface area contributed by atoms with E-state index < -0.39 is 0 Å². The maximum absolute atomic E-state index is 13.0. The van der Waals surface area contributed by atoms with Crippen LogP contribution in [0.3, 0.4) is 0 Å². The van der Waals surface area contributed by atoms with E-state index in [0.29, 0.717) is 0 Å². The maximum atomic E-state index is 13.0. The highest BCUT2D eigenvalue weighted by molar-refractivity contribution is 9.12. The van der Waals surface area contributed by atoms with Crippen LogP contribution in [0.2, 0.25) is 0 Å². The second kappa shape index (κ2) is 6.28. The van der Waals surface area contributed by atoms with Gasteiger partial charge in [0.2, 0.25) is 0 Å². The quantitative estimate of drug-likeness (QED) is 0.762. The second-order valence-electron chi connectivity index (χ2n) is 3.82.